The lowest BCUT2D eigenvalue weighted by Gasteiger charge is -2.11. The summed E-state index contributed by atoms with van der Waals surface area (Å²) in [4.78, 5) is 7.75. The van der Waals surface area contributed by atoms with Crippen LogP contribution in [0.4, 0.5) is 29.0 Å². The Balaban J connectivity index is 0.000000463. The molecule has 0 saturated carbocycles. The van der Waals surface area contributed by atoms with E-state index in [0.717, 1.165) is 11.3 Å². The number of nitrogen functional groups attached to an aromatic ring is 3. The fourth-order valence-electron chi connectivity index (χ4n) is 1.41. The first-order chi connectivity index (χ1) is 10.5. The quantitative estimate of drug-likeness (QED) is 0.424. The van der Waals surface area contributed by atoms with Crippen LogP contribution in [0.25, 0.3) is 0 Å². The van der Waals surface area contributed by atoms with E-state index in [1.807, 2.05) is 19.1 Å². The molecule has 0 bridgehead atoms. The van der Waals surface area contributed by atoms with Crippen molar-refractivity contribution in [1.29, 1.82) is 0 Å². The van der Waals surface area contributed by atoms with Gasteiger partial charge in [0.25, 0.3) is 0 Å². The Kier molecular flexibility index (Phi) is 5.92. The zero-order valence-corrected chi connectivity index (χ0v) is 13.4. The van der Waals surface area contributed by atoms with Crippen molar-refractivity contribution < 1.29 is 17.5 Å². The summed E-state index contributed by atoms with van der Waals surface area (Å²) in [6.45, 7) is 1.92. The molecule has 2 rings (SSSR count). The van der Waals surface area contributed by atoms with Gasteiger partial charge in [-0.2, -0.15) is 18.4 Å². The molecule has 0 saturated heterocycles. The molecule has 0 aliphatic carbocycles. The zero-order chi connectivity index (χ0) is 17.8. The summed E-state index contributed by atoms with van der Waals surface area (Å²) in [5.74, 6) is 0.561. The molecule has 0 amide bonds. The monoisotopic (exact) mass is 362 g/mol. The Bertz CT molecular complexity index is 806. The molecular formula is C11H15ClN6O4S. The third-order valence-corrected chi connectivity index (χ3v) is 2.83. The molecule has 0 spiro atoms. The summed E-state index contributed by atoms with van der Waals surface area (Å²) in [6, 6.07) is 5.51. The molecule has 0 radical (unpaired) electrons. The number of rotatable bonds is 2. The second-order valence-electron chi connectivity index (χ2n) is 4.27. The van der Waals surface area contributed by atoms with Crippen LogP contribution in [0.3, 0.4) is 0 Å². The molecule has 1 aromatic carbocycles. The molecule has 1 aromatic heterocycles. The van der Waals surface area contributed by atoms with E-state index in [-0.39, 0.29) is 17.5 Å². The van der Waals surface area contributed by atoms with Gasteiger partial charge in [-0.1, -0.05) is 17.7 Å². The number of benzene rings is 1. The highest BCUT2D eigenvalue weighted by molar-refractivity contribution is 7.79. The van der Waals surface area contributed by atoms with Crippen LogP contribution in [0.5, 0.6) is 0 Å². The summed E-state index contributed by atoms with van der Waals surface area (Å²) in [7, 11) is -4.67. The van der Waals surface area contributed by atoms with Crippen molar-refractivity contribution in [2.45, 2.75) is 6.92 Å². The van der Waals surface area contributed by atoms with Crippen LogP contribution in [0.15, 0.2) is 18.2 Å². The lowest BCUT2D eigenvalue weighted by Crippen LogP contribution is -2.08. The van der Waals surface area contributed by atoms with Crippen molar-refractivity contribution in [3.63, 3.8) is 0 Å². The number of hydrogen-bond acceptors (Lipinski definition) is 8. The molecule has 12 heteroatoms. The van der Waals surface area contributed by atoms with E-state index in [4.69, 9.17) is 46.3 Å². The van der Waals surface area contributed by atoms with Gasteiger partial charge in [-0.05, 0) is 24.6 Å². The topological polar surface area (TPSA) is 190 Å². The summed E-state index contributed by atoms with van der Waals surface area (Å²) in [5.41, 5.74) is 18.9. The maximum Gasteiger partial charge on any atom is 0.394 e. The zero-order valence-electron chi connectivity index (χ0n) is 11.9. The Labute approximate surface area is 137 Å². The molecule has 10 nitrogen and oxygen atoms in total. The molecule has 0 aliphatic rings. The lowest BCUT2D eigenvalue weighted by atomic mass is 10.2. The van der Waals surface area contributed by atoms with Crippen molar-refractivity contribution in [2.24, 2.45) is 0 Å². The minimum absolute atomic E-state index is 0.0578. The number of nitrogens with two attached hydrogens (primary N) is 3. The molecule has 0 fully saturated rings. The smallest absolute Gasteiger partial charge is 0.393 e. The van der Waals surface area contributed by atoms with E-state index in [0.29, 0.717) is 10.8 Å². The molecule has 126 valence electrons. The summed E-state index contributed by atoms with van der Waals surface area (Å²) in [5, 5.41) is 3.65. The average molecular weight is 363 g/mol. The minimum Gasteiger partial charge on any atom is -0.393 e. The normalized spacial score (nSPS) is 10.6. The molecule has 0 atom stereocenters. The first-order valence-corrected chi connectivity index (χ1v) is 7.66. The van der Waals surface area contributed by atoms with Gasteiger partial charge in [-0.3, -0.25) is 9.11 Å². The SMILES string of the molecule is Cc1ccc(Nc2nc(N)nc(N)c2N)cc1Cl.O=S(=O)(O)O. The third-order valence-electron chi connectivity index (χ3n) is 2.43. The number of nitrogens with zero attached hydrogens (tertiary/aromatic N) is 2. The fourth-order valence-corrected chi connectivity index (χ4v) is 1.59. The second kappa shape index (κ2) is 7.28. The molecule has 2 aromatic rings. The van der Waals surface area contributed by atoms with Gasteiger partial charge in [0, 0.05) is 10.7 Å². The number of aryl methyl sites for hydroxylation is 1. The van der Waals surface area contributed by atoms with Crippen molar-refractivity contribution in [2.75, 3.05) is 22.5 Å². The largest absolute Gasteiger partial charge is 0.394 e. The molecule has 9 N–H and O–H groups in total. The standard InChI is InChI=1S/C11H13ClN6.H2O4S/c1-5-2-3-6(4-7(5)12)16-10-8(13)9(14)17-11(15)18-10;1-5(2,3)4/h2-4H,13H2,1H3,(H5,14,15,16,17,18);(H2,1,2,3,4). The van der Waals surface area contributed by atoms with Crippen LogP contribution in [-0.4, -0.2) is 27.5 Å². The first kappa shape index (κ1) is 18.7. The highest BCUT2D eigenvalue weighted by atomic mass is 35.5. The fraction of sp³-hybridized carbons (Fsp3) is 0.0909. The second-order valence-corrected chi connectivity index (χ2v) is 5.57. The lowest BCUT2D eigenvalue weighted by molar-refractivity contribution is 0.381. The van der Waals surface area contributed by atoms with Gasteiger partial charge in [0.1, 0.15) is 5.69 Å². The maximum absolute atomic E-state index is 8.74. The summed E-state index contributed by atoms with van der Waals surface area (Å²) >= 11 is 6.03. The number of halogens is 1. The van der Waals surface area contributed by atoms with Crippen molar-refractivity contribution in [3.05, 3.63) is 28.8 Å². The average Bonchev–Trinajstić information content (AvgIpc) is 2.38. The van der Waals surface area contributed by atoms with Gasteiger partial charge in [0.15, 0.2) is 11.6 Å². The van der Waals surface area contributed by atoms with Crippen LogP contribution in [0, 0.1) is 6.92 Å². The van der Waals surface area contributed by atoms with Crippen LogP contribution >= 0.6 is 11.6 Å². The van der Waals surface area contributed by atoms with E-state index < -0.39 is 10.4 Å². The number of anilines is 5. The first-order valence-electron chi connectivity index (χ1n) is 5.89. The highest BCUT2D eigenvalue weighted by Gasteiger charge is 2.08. The van der Waals surface area contributed by atoms with Gasteiger partial charge >= 0.3 is 10.4 Å². The summed E-state index contributed by atoms with van der Waals surface area (Å²) in [6.07, 6.45) is 0. The number of aromatic nitrogens is 2. The predicted molar refractivity (Wildman–Crippen MR) is 88.9 cm³/mol. The van der Waals surface area contributed by atoms with E-state index in [2.05, 4.69) is 15.3 Å². The molecular weight excluding hydrogens is 348 g/mol. The van der Waals surface area contributed by atoms with Crippen molar-refractivity contribution in [1.82, 2.24) is 9.97 Å². The molecule has 0 aliphatic heterocycles. The van der Waals surface area contributed by atoms with Gasteiger partial charge in [-0.25, -0.2) is 0 Å². The highest BCUT2D eigenvalue weighted by Crippen LogP contribution is 2.27. The van der Waals surface area contributed by atoms with Crippen molar-refractivity contribution >= 4 is 51.0 Å². The Morgan fingerprint density at radius 3 is 2.26 bits per heavy atom. The Morgan fingerprint density at radius 1 is 1.17 bits per heavy atom. The number of hydrogen-bond donors (Lipinski definition) is 6. The van der Waals surface area contributed by atoms with Crippen LogP contribution in [-0.2, 0) is 10.4 Å². The minimum atomic E-state index is -4.67. The third kappa shape index (κ3) is 6.52. The predicted octanol–water partition coefficient (Wildman–Crippen LogP) is 1.28. The maximum atomic E-state index is 8.74. The van der Waals surface area contributed by atoms with E-state index in [9.17, 15) is 0 Å². The van der Waals surface area contributed by atoms with Crippen LogP contribution in [0.2, 0.25) is 5.02 Å². The van der Waals surface area contributed by atoms with Gasteiger partial charge < -0.3 is 22.5 Å². The van der Waals surface area contributed by atoms with E-state index >= 15 is 0 Å². The number of nitrogens with one attached hydrogen (secondary N) is 1. The van der Waals surface area contributed by atoms with Crippen molar-refractivity contribution in [3.8, 4) is 0 Å². The van der Waals surface area contributed by atoms with Gasteiger partial charge in [0.05, 0.1) is 0 Å². The van der Waals surface area contributed by atoms with Gasteiger partial charge in [0.2, 0.25) is 5.95 Å². The van der Waals surface area contributed by atoms with Crippen LogP contribution < -0.4 is 22.5 Å². The van der Waals surface area contributed by atoms with Gasteiger partial charge in [-0.15, -0.1) is 0 Å². The Hall–Kier alpha value is -2.34. The summed E-state index contributed by atoms with van der Waals surface area (Å²) < 4.78 is 31.6. The van der Waals surface area contributed by atoms with Crippen LogP contribution in [0.1, 0.15) is 5.56 Å². The Morgan fingerprint density at radius 2 is 1.74 bits per heavy atom. The van der Waals surface area contributed by atoms with E-state index in [1.165, 1.54) is 0 Å². The molecule has 0 unspecified atom stereocenters. The molecule has 23 heavy (non-hydrogen) atoms. The van der Waals surface area contributed by atoms with E-state index in [1.54, 1.807) is 6.07 Å². The molecule has 1 heterocycles.